The van der Waals surface area contributed by atoms with Crippen LogP contribution in [0.25, 0.3) is 0 Å². The van der Waals surface area contributed by atoms with Gasteiger partial charge in [-0.25, -0.2) is 0 Å². The summed E-state index contributed by atoms with van der Waals surface area (Å²) >= 11 is 3.31. The molecule has 3 aliphatic rings. The molecule has 0 saturated carbocycles. The van der Waals surface area contributed by atoms with Crippen molar-refractivity contribution in [1.82, 2.24) is 0 Å². The Morgan fingerprint density at radius 3 is 1.77 bits per heavy atom. The number of thioether (sulfide) groups is 2. The molecule has 0 saturated heterocycles. The fourth-order valence-electron chi connectivity index (χ4n) is 3.16. The molecule has 3 nitrogen and oxygen atoms in total. The summed E-state index contributed by atoms with van der Waals surface area (Å²) in [6.45, 7) is 7.96. The molecule has 0 aromatic carbocycles. The first-order valence-corrected chi connectivity index (χ1v) is 9.92. The predicted molar refractivity (Wildman–Crippen MR) is 110 cm³/mol. The summed E-state index contributed by atoms with van der Waals surface area (Å²) in [5.41, 5.74) is 1.74. The van der Waals surface area contributed by atoms with Gasteiger partial charge in [-0.1, -0.05) is 29.6 Å². The van der Waals surface area contributed by atoms with Gasteiger partial charge in [0.25, 0.3) is 0 Å². The minimum atomic E-state index is -0.957. The van der Waals surface area contributed by atoms with Crippen LogP contribution in [0.5, 0.6) is 0 Å². The molecule has 26 heavy (non-hydrogen) atoms. The SMILES string of the molecule is CC1=CC(=CC2=C(O)C(=O)C(C=C3C=C(C)SC(C)=C3)C2=O)C=C(C)S1. The van der Waals surface area contributed by atoms with Crippen LogP contribution in [-0.4, -0.2) is 16.7 Å². The number of Topliss-reactive ketones (excluding diaryl/α,β-unsaturated/α-hetero) is 2. The summed E-state index contributed by atoms with van der Waals surface area (Å²) < 4.78 is 0. The van der Waals surface area contributed by atoms with E-state index in [1.807, 2.05) is 52.0 Å². The molecule has 0 aromatic rings. The second kappa shape index (κ2) is 7.33. The van der Waals surface area contributed by atoms with Gasteiger partial charge in [0, 0.05) is 0 Å². The zero-order chi connectivity index (χ0) is 19.0. The average molecular weight is 385 g/mol. The molecule has 1 atom stereocenters. The maximum atomic E-state index is 12.8. The number of rotatable bonds is 2. The lowest BCUT2D eigenvalue weighted by Gasteiger charge is -2.11. The highest BCUT2D eigenvalue weighted by Gasteiger charge is 2.39. The number of aliphatic hydroxyl groups excluding tert-OH is 1. The molecule has 1 N–H and O–H groups in total. The summed E-state index contributed by atoms with van der Waals surface area (Å²) in [6, 6.07) is 0. The third-order valence-electron chi connectivity index (χ3n) is 4.11. The number of allylic oxidation sites excluding steroid dienone is 14. The summed E-state index contributed by atoms with van der Waals surface area (Å²) in [5, 5.41) is 10.2. The van der Waals surface area contributed by atoms with Gasteiger partial charge < -0.3 is 5.11 Å². The van der Waals surface area contributed by atoms with E-state index in [0.29, 0.717) is 0 Å². The maximum absolute atomic E-state index is 12.8. The van der Waals surface area contributed by atoms with Gasteiger partial charge >= 0.3 is 0 Å². The van der Waals surface area contributed by atoms with Crippen LogP contribution < -0.4 is 0 Å². The quantitative estimate of drug-likeness (QED) is 0.635. The molecule has 2 aliphatic heterocycles. The number of carbonyl (C=O) groups excluding carboxylic acids is 2. The minimum absolute atomic E-state index is 0.0958. The zero-order valence-corrected chi connectivity index (χ0v) is 16.8. The number of hydrogen-bond acceptors (Lipinski definition) is 5. The topological polar surface area (TPSA) is 54.4 Å². The van der Waals surface area contributed by atoms with Crippen molar-refractivity contribution in [2.24, 2.45) is 5.92 Å². The van der Waals surface area contributed by atoms with Gasteiger partial charge in [-0.2, -0.15) is 0 Å². The maximum Gasteiger partial charge on any atom is 0.212 e. The van der Waals surface area contributed by atoms with Gasteiger partial charge in [0.15, 0.2) is 11.5 Å². The second-order valence-corrected chi connectivity index (χ2v) is 9.49. The molecule has 0 bridgehead atoms. The third kappa shape index (κ3) is 3.89. The zero-order valence-electron chi connectivity index (χ0n) is 15.1. The second-order valence-electron chi connectivity index (χ2n) is 6.50. The van der Waals surface area contributed by atoms with Gasteiger partial charge in [0.05, 0.1) is 5.57 Å². The third-order valence-corrected chi connectivity index (χ3v) is 5.87. The van der Waals surface area contributed by atoms with E-state index in [4.69, 9.17) is 0 Å². The standard InChI is InChI=1S/C21H20O3S2/c1-11-5-15(6-12(2)25-11)9-17-19(22)18(21(24)20(17)23)10-16-7-13(3)26-14(4)8-16/h5-10,17,24H,1-4H3. The highest BCUT2D eigenvalue weighted by Crippen LogP contribution is 2.35. The van der Waals surface area contributed by atoms with E-state index < -0.39 is 17.5 Å². The lowest BCUT2D eigenvalue weighted by atomic mass is 9.98. The first-order chi connectivity index (χ1) is 12.2. The first-order valence-electron chi connectivity index (χ1n) is 8.28. The highest BCUT2D eigenvalue weighted by molar-refractivity contribution is 8.06. The van der Waals surface area contributed by atoms with Crippen molar-refractivity contribution in [3.8, 4) is 0 Å². The fourth-order valence-corrected chi connectivity index (χ4v) is 4.96. The average Bonchev–Trinajstić information content (AvgIpc) is 2.71. The Labute approximate surface area is 162 Å². The predicted octanol–water partition coefficient (Wildman–Crippen LogP) is 5.53. The van der Waals surface area contributed by atoms with Gasteiger partial charge in [-0.3, -0.25) is 9.59 Å². The van der Waals surface area contributed by atoms with Crippen LogP contribution >= 0.6 is 23.5 Å². The molecule has 0 radical (unpaired) electrons. The Morgan fingerprint density at radius 2 is 1.27 bits per heavy atom. The lowest BCUT2D eigenvalue weighted by Crippen LogP contribution is -2.15. The molecule has 0 spiro atoms. The molecular formula is C21H20O3S2. The Kier molecular flexibility index (Phi) is 5.30. The van der Waals surface area contributed by atoms with E-state index >= 15 is 0 Å². The smallest absolute Gasteiger partial charge is 0.212 e. The van der Waals surface area contributed by atoms with E-state index in [-0.39, 0.29) is 11.4 Å². The largest absolute Gasteiger partial charge is 0.504 e. The lowest BCUT2D eigenvalue weighted by molar-refractivity contribution is -0.125. The number of carbonyl (C=O) groups is 2. The van der Waals surface area contributed by atoms with Crippen molar-refractivity contribution in [2.45, 2.75) is 27.7 Å². The molecule has 0 aromatic heterocycles. The van der Waals surface area contributed by atoms with Crippen molar-refractivity contribution in [2.75, 3.05) is 0 Å². The van der Waals surface area contributed by atoms with E-state index in [2.05, 4.69) is 0 Å². The summed E-state index contributed by atoms with van der Waals surface area (Å²) in [5.74, 6) is -2.28. The summed E-state index contributed by atoms with van der Waals surface area (Å²) in [7, 11) is 0. The number of ketones is 2. The van der Waals surface area contributed by atoms with Crippen LogP contribution in [0.3, 0.4) is 0 Å². The monoisotopic (exact) mass is 384 g/mol. The number of aliphatic hydroxyl groups is 1. The van der Waals surface area contributed by atoms with E-state index in [1.165, 1.54) is 0 Å². The van der Waals surface area contributed by atoms with Crippen LogP contribution in [0.15, 0.2) is 78.6 Å². The minimum Gasteiger partial charge on any atom is -0.504 e. The van der Waals surface area contributed by atoms with Crippen molar-refractivity contribution in [3.05, 3.63) is 78.6 Å². The normalized spacial score (nSPS) is 23.6. The van der Waals surface area contributed by atoms with Gasteiger partial charge in [-0.05, 0) is 88.8 Å². The van der Waals surface area contributed by atoms with Crippen LogP contribution in [0, 0.1) is 5.92 Å². The van der Waals surface area contributed by atoms with Gasteiger partial charge in [0.2, 0.25) is 5.78 Å². The molecule has 1 aliphatic carbocycles. The molecule has 5 heteroatoms. The van der Waals surface area contributed by atoms with Gasteiger partial charge in [0.1, 0.15) is 5.92 Å². The first kappa shape index (κ1) is 18.8. The fraction of sp³-hybridized carbons (Fsp3) is 0.238. The molecule has 0 amide bonds. The van der Waals surface area contributed by atoms with E-state index in [9.17, 15) is 14.7 Å². The molecule has 2 heterocycles. The number of hydrogen-bond donors (Lipinski definition) is 1. The van der Waals surface area contributed by atoms with Crippen LogP contribution in [-0.2, 0) is 9.59 Å². The Morgan fingerprint density at radius 1 is 0.808 bits per heavy atom. The van der Waals surface area contributed by atoms with Crippen LogP contribution in [0.1, 0.15) is 27.7 Å². The van der Waals surface area contributed by atoms with Crippen molar-refractivity contribution in [3.63, 3.8) is 0 Å². The highest BCUT2D eigenvalue weighted by atomic mass is 32.2. The summed E-state index contributed by atoms with van der Waals surface area (Å²) in [6.07, 6.45) is 11.0. The Hall–Kier alpha value is -1.98. The van der Waals surface area contributed by atoms with Crippen molar-refractivity contribution in [1.29, 1.82) is 0 Å². The Bertz CT molecular complexity index is 881. The van der Waals surface area contributed by atoms with E-state index in [0.717, 1.165) is 30.8 Å². The summed E-state index contributed by atoms with van der Waals surface area (Å²) in [4.78, 5) is 29.6. The van der Waals surface area contributed by atoms with Crippen molar-refractivity contribution >= 4 is 35.1 Å². The Balaban J connectivity index is 1.94. The van der Waals surface area contributed by atoms with Crippen LogP contribution in [0.4, 0.5) is 0 Å². The molecule has 0 fully saturated rings. The van der Waals surface area contributed by atoms with Crippen LogP contribution in [0.2, 0.25) is 0 Å². The van der Waals surface area contributed by atoms with E-state index in [1.54, 1.807) is 35.7 Å². The molecule has 1 unspecified atom stereocenters. The molecule has 134 valence electrons. The molecule has 3 rings (SSSR count). The molecular weight excluding hydrogens is 364 g/mol. The van der Waals surface area contributed by atoms with Crippen molar-refractivity contribution < 1.29 is 14.7 Å². The van der Waals surface area contributed by atoms with Gasteiger partial charge in [-0.15, -0.1) is 0 Å².